The zero-order chi connectivity index (χ0) is 21.7. The summed E-state index contributed by atoms with van der Waals surface area (Å²) in [5, 5.41) is 13.6. The maximum Gasteiger partial charge on any atom is 0.194 e. The second kappa shape index (κ2) is 9.39. The van der Waals surface area contributed by atoms with Crippen molar-refractivity contribution < 1.29 is 9.90 Å². The minimum absolute atomic E-state index is 0.244. The highest BCUT2D eigenvalue weighted by Crippen LogP contribution is 2.38. The molecule has 1 unspecified atom stereocenters. The summed E-state index contributed by atoms with van der Waals surface area (Å²) in [5.41, 5.74) is 1.21. The topological polar surface area (TPSA) is 37.3 Å². The van der Waals surface area contributed by atoms with E-state index in [1.807, 2.05) is 91.0 Å². The largest absolute Gasteiger partial charge is 0.382 e. The smallest absolute Gasteiger partial charge is 0.194 e. The van der Waals surface area contributed by atoms with Crippen molar-refractivity contribution in [2.45, 2.75) is 12.5 Å². The number of benzene rings is 4. The van der Waals surface area contributed by atoms with Crippen LogP contribution in [0.3, 0.4) is 0 Å². The molecule has 0 aromatic heterocycles. The normalized spacial score (nSPS) is 13.0. The molecule has 0 amide bonds. The fourth-order valence-corrected chi connectivity index (χ4v) is 6.17. The summed E-state index contributed by atoms with van der Waals surface area (Å²) >= 11 is 0. The maximum absolute atomic E-state index is 13.3. The summed E-state index contributed by atoms with van der Waals surface area (Å²) < 4.78 is 0. The van der Waals surface area contributed by atoms with E-state index in [1.54, 1.807) is 6.92 Å². The van der Waals surface area contributed by atoms with Crippen LogP contribution in [0.5, 0.6) is 0 Å². The lowest BCUT2D eigenvalue weighted by Crippen LogP contribution is -2.40. The van der Waals surface area contributed by atoms with Gasteiger partial charge in [0.05, 0.1) is 0 Å². The molecule has 1 atom stereocenters. The fraction of sp³-hybridized carbons (Fsp3) is 0.107. The van der Waals surface area contributed by atoms with Crippen LogP contribution in [0, 0.1) is 0 Å². The molecule has 0 aliphatic rings. The lowest BCUT2D eigenvalue weighted by Gasteiger charge is -2.28. The van der Waals surface area contributed by atoms with Crippen LogP contribution < -0.4 is 10.6 Å². The summed E-state index contributed by atoms with van der Waals surface area (Å²) in [7, 11) is -0.875. The Morgan fingerprint density at radius 1 is 0.677 bits per heavy atom. The number of ketones is 1. The first-order chi connectivity index (χ1) is 15.0. The van der Waals surface area contributed by atoms with Crippen LogP contribution in [0.25, 0.3) is 11.1 Å². The van der Waals surface area contributed by atoms with Crippen molar-refractivity contribution in [3.63, 3.8) is 0 Å². The van der Waals surface area contributed by atoms with Crippen LogP contribution in [0.15, 0.2) is 115 Å². The molecule has 0 aliphatic heterocycles. The van der Waals surface area contributed by atoms with E-state index in [0.29, 0.717) is 11.7 Å². The number of hydrogen-bond donors (Lipinski definition) is 1. The third-order valence-corrected chi connectivity index (χ3v) is 8.12. The molecule has 4 aromatic carbocycles. The van der Waals surface area contributed by atoms with E-state index in [2.05, 4.69) is 24.3 Å². The average Bonchev–Trinajstić information content (AvgIpc) is 2.84. The Labute approximate surface area is 185 Å². The highest BCUT2D eigenvalue weighted by Gasteiger charge is 2.35. The van der Waals surface area contributed by atoms with Crippen molar-refractivity contribution in [1.29, 1.82) is 0 Å². The van der Waals surface area contributed by atoms with Crippen LogP contribution in [0.1, 0.15) is 17.3 Å². The molecule has 4 rings (SSSR count). The fourth-order valence-electron chi connectivity index (χ4n) is 3.68. The molecule has 0 fully saturated rings. The Balaban J connectivity index is 1.59. The Hall–Kier alpha value is -3.06. The van der Waals surface area contributed by atoms with E-state index in [9.17, 15) is 9.90 Å². The van der Waals surface area contributed by atoms with Gasteiger partial charge in [0, 0.05) is 11.7 Å². The lowest BCUT2D eigenvalue weighted by atomic mass is 9.95. The number of carbonyl (C=O) groups is 1. The summed E-state index contributed by atoms with van der Waals surface area (Å²) in [6, 6.07) is 37.9. The molecular formula is C28H25O2P. The van der Waals surface area contributed by atoms with Gasteiger partial charge in [-0.2, -0.15) is 0 Å². The molecule has 31 heavy (non-hydrogen) atoms. The Morgan fingerprint density at radius 3 is 1.58 bits per heavy atom. The van der Waals surface area contributed by atoms with Crippen molar-refractivity contribution in [2.24, 2.45) is 0 Å². The Kier molecular flexibility index (Phi) is 6.42. The summed E-state index contributed by atoms with van der Waals surface area (Å²) in [5.74, 6) is -0.244. The molecule has 4 aromatic rings. The molecule has 1 N–H and O–H groups in total. The predicted molar refractivity (Wildman–Crippen MR) is 131 cm³/mol. The Bertz CT molecular complexity index is 1080. The summed E-state index contributed by atoms with van der Waals surface area (Å²) in [6.07, 6.45) is 0.371. The molecule has 3 heteroatoms. The molecule has 154 valence electrons. The number of rotatable bonds is 7. The van der Waals surface area contributed by atoms with Crippen LogP contribution in [-0.2, 0) is 0 Å². The maximum atomic E-state index is 13.3. The molecule has 2 nitrogen and oxygen atoms in total. The zero-order valence-electron chi connectivity index (χ0n) is 17.5. The zero-order valence-corrected chi connectivity index (χ0v) is 18.4. The molecule has 0 aliphatic carbocycles. The number of aliphatic hydroxyl groups is 1. The third-order valence-electron chi connectivity index (χ3n) is 5.35. The van der Waals surface area contributed by atoms with Crippen LogP contribution in [-0.4, -0.2) is 22.7 Å². The first kappa shape index (κ1) is 21.2. The number of carbonyl (C=O) groups excluding carboxylic acids is 1. The van der Waals surface area contributed by atoms with E-state index in [4.69, 9.17) is 0 Å². The molecule has 0 saturated carbocycles. The van der Waals surface area contributed by atoms with Gasteiger partial charge in [-0.05, 0) is 36.6 Å². The molecular weight excluding hydrogens is 399 g/mol. The van der Waals surface area contributed by atoms with E-state index < -0.39 is 13.5 Å². The first-order valence-electron chi connectivity index (χ1n) is 10.3. The van der Waals surface area contributed by atoms with E-state index >= 15 is 0 Å². The van der Waals surface area contributed by atoms with E-state index in [-0.39, 0.29) is 5.78 Å². The second-order valence-electron chi connectivity index (χ2n) is 7.80. The standard InChI is InChI=1S/C28H25O2P/c1-28(30,21-31(25-13-7-3-8-14-25)26-15-9-4-10-16-26)27(29)24-19-17-23(18-20-24)22-11-5-2-6-12-22/h2-20,30H,21H2,1H3. The predicted octanol–water partition coefficient (Wildman–Crippen LogP) is 5.42. The molecule has 0 bridgehead atoms. The molecule has 0 saturated heterocycles. The lowest BCUT2D eigenvalue weighted by molar-refractivity contribution is 0.0504. The van der Waals surface area contributed by atoms with Gasteiger partial charge >= 0.3 is 0 Å². The van der Waals surface area contributed by atoms with Gasteiger partial charge in [-0.3, -0.25) is 4.79 Å². The van der Waals surface area contributed by atoms with Crippen molar-refractivity contribution in [2.75, 3.05) is 6.16 Å². The van der Waals surface area contributed by atoms with Crippen molar-refractivity contribution in [3.05, 3.63) is 121 Å². The van der Waals surface area contributed by atoms with Gasteiger partial charge in [-0.25, -0.2) is 0 Å². The van der Waals surface area contributed by atoms with Crippen LogP contribution in [0.2, 0.25) is 0 Å². The van der Waals surface area contributed by atoms with Gasteiger partial charge in [0.15, 0.2) is 5.78 Å². The molecule has 0 spiro atoms. The minimum Gasteiger partial charge on any atom is -0.382 e. The van der Waals surface area contributed by atoms with E-state index in [1.165, 1.54) is 0 Å². The van der Waals surface area contributed by atoms with Gasteiger partial charge in [0.1, 0.15) is 5.60 Å². The molecule has 0 heterocycles. The van der Waals surface area contributed by atoms with Crippen molar-refractivity contribution in [1.82, 2.24) is 0 Å². The summed E-state index contributed by atoms with van der Waals surface area (Å²) in [4.78, 5) is 13.3. The minimum atomic E-state index is -1.47. The number of hydrogen-bond acceptors (Lipinski definition) is 2. The average molecular weight is 424 g/mol. The van der Waals surface area contributed by atoms with Crippen LogP contribution >= 0.6 is 7.92 Å². The van der Waals surface area contributed by atoms with Gasteiger partial charge < -0.3 is 5.11 Å². The van der Waals surface area contributed by atoms with Gasteiger partial charge in [-0.15, -0.1) is 0 Å². The van der Waals surface area contributed by atoms with Crippen LogP contribution in [0.4, 0.5) is 0 Å². The monoisotopic (exact) mass is 424 g/mol. The van der Waals surface area contributed by atoms with Crippen molar-refractivity contribution in [3.8, 4) is 11.1 Å². The van der Waals surface area contributed by atoms with Crippen molar-refractivity contribution >= 4 is 24.3 Å². The SMILES string of the molecule is CC(O)(CP(c1ccccc1)c1ccccc1)C(=O)c1ccc(-c2ccccc2)cc1. The van der Waals surface area contributed by atoms with Gasteiger partial charge in [0.2, 0.25) is 0 Å². The highest BCUT2D eigenvalue weighted by molar-refractivity contribution is 7.73. The second-order valence-corrected chi connectivity index (χ2v) is 10.0. The molecule has 0 radical (unpaired) electrons. The summed E-state index contributed by atoms with van der Waals surface area (Å²) in [6.45, 7) is 1.64. The third kappa shape index (κ3) is 4.99. The van der Waals surface area contributed by atoms with E-state index in [0.717, 1.165) is 21.7 Å². The number of Topliss-reactive ketones (excluding diaryl/α,β-unsaturated/α-hetero) is 1. The quantitative estimate of drug-likeness (QED) is 0.318. The van der Waals surface area contributed by atoms with Gasteiger partial charge in [-0.1, -0.05) is 115 Å². The highest BCUT2D eigenvalue weighted by atomic mass is 31.1. The van der Waals surface area contributed by atoms with Gasteiger partial charge in [0.25, 0.3) is 0 Å². The Morgan fingerprint density at radius 2 is 1.10 bits per heavy atom. The first-order valence-corrected chi connectivity index (χ1v) is 11.9.